The molecule has 3 aromatic heterocycles. The molecule has 0 aliphatic rings. The van der Waals surface area contributed by atoms with E-state index in [2.05, 4.69) is 20.5 Å². The van der Waals surface area contributed by atoms with Crippen LogP contribution in [-0.4, -0.2) is 36.0 Å². The van der Waals surface area contributed by atoms with E-state index in [9.17, 15) is 4.79 Å². The van der Waals surface area contributed by atoms with Gasteiger partial charge in [-0.25, -0.2) is 4.98 Å². The molecule has 130 valence electrons. The van der Waals surface area contributed by atoms with Gasteiger partial charge >= 0.3 is 0 Å². The minimum atomic E-state index is -0.160. The Bertz CT molecular complexity index is 873. The van der Waals surface area contributed by atoms with Crippen molar-refractivity contribution in [3.05, 3.63) is 53.2 Å². The molecular formula is C16H17ClN6OS. The van der Waals surface area contributed by atoms with E-state index in [0.717, 1.165) is 11.5 Å². The van der Waals surface area contributed by atoms with E-state index >= 15 is 0 Å². The fourth-order valence-corrected chi connectivity index (χ4v) is 3.07. The maximum absolute atomic E-state index is 12.0. The normalized spacial score (nSPS) is 10.8. The van der Waals surface area contributed by atoms with E-state index in [1.165, 1.54) is 18.0 Å². The van der Waals surface area contributed by atoms with Crippen molar-refractivity contribution < 1.29 is 4.79 Å². The topological polar surface area (TPSA) is 77.6 Å². The second-order valence-electron chi connectivity index (χ2n) is 5.44. The van der Waals surface area contributed by atoms with E-state index in [1.807, 2.05) is 41.6 Å². The van der Waals surface area contributed by atoms with Crippen LogP contribution in [0.4, 0.5) is 5.82 Å². The Morgan fingerprint density at radius 3 is 2.80 bits per heavy atom. The van der Waals surface area contributed by atoms with Gasteiger partial charge in [-0.3, -0.25) is 4.79 Å². The van der Waals surface area contributed by atoms with Crippen molar-refractivity contribution in [1.29, 1.82) is 0 Å². The van der Waals surface area contributed by atoms with E-state index in [-0.39, 0.29) is 11.7 Å². The van der Waals surface area contributed by atoms with Gasteiger partial charge in [0.25, 0.3) is 0 Å². The van der Waals surface area contributed by atoms with Crippen molar-refractivity contribution in [2.75, 3.05) is 11.1 Å². The van der Waals surface area contributed by atoms with Crippen LogP contribution >= 0.6 is 23.4 Å². The van der Waals surface area contributed by atoms with Crippen LogP contribution in [0.3, 0.4) is 0 Å². The molecule has 0 aromatic carbocycles. The molecule has 1 amide bonds. The lowest BCUT2D eigenvalue weighted by molar-refractivity contribution is -0.113. The molecule has 0 aliphatic heterocycles. The summed E-state index contributed by atoms with van der Waals surface area (Å²) in [5.41, 5.74) is 1.15. The zero-order chi connectivity index (χ0) is 17.8. The number of nitrogens with one attached hydrogen (secondary N) is 1. The molecule has 0 saturated carbocycles. The summed E-state index contributed by atoms with van der Waals surface area (Å²) in [4.78, 5) is 16.1. The van der Waals surface area contributed by atoms with Crippen LogP contribution in [0.5, 0.6) is 0 Å². The third-order valence-corrected chi connectivity index (χ3v) is 4.89. The fraction of sp³-hybridized carbons (Fsp3) is 0.250. The van der Waals surface area contributed by atoms with Crippen LogP contribution in [0.2, 0.25) is 5.02 Å². The van der Waals surface area contributed by atoms with Crippen molar-refractivity contribution in [3.8, 4) is 0 Å². The SMILES string of the molecule is Cn1cccc1Cc1nnc(SCC(=O)Nc2ccc(Cl)cn2)n1C. The summed E-state index contributed by atoms with van der Waals surface area (Å²) in [6, 6.07) is 7.38. The van der Waals surface area contributed by atoms with E-state index < -0.39 is 0 Å². The van der Waals surface area contributed by atoms with Gasteiger partial charge in [-0.15, -0.1) is 10.2 Å². The lowest BCUT2D eigenvalue weighted by Gasteiger charge is -2.06. The average molecular weight is 377 g/mol. The molecule has 3 rings (SSSR count). The van der Waals surface area contributed by atoms with Crippen LogP contribution in [-0.2, 0) is 25.3 Å². The summed E-state index contributed by atoms with van der Waals surface area (Å²) in [5, 5.41) is 12.3. The molecule has 3 heterocycles. The largest absolute Gasteiger partial charge is 0.354 e. The third-order valence-electron chi connectivity index (χ3n) is 3.64. The number of hydrogen-bond donors (Lipinski definition) is 1. The van der Waals surface area contributed by atoms with Gasteiger partial charge in [-0.1, -0.05) is 23.4 Å². The number of halogens is 1. The zero-order valence-corrected chi connectivity index (χ0v) is 15.4. The highest BCUT2D eigenvalue weighted by Crippen LogP contribution is 2.18. The number of thioether (sulfide) groups is 1. The van der Waals surface area contributed by atoms with Gasteiger partial charge in [0.1, 0.15) is 11.6 Å². The lowest BCUT2D eigenvalue weighted by atomic mass is 10.3. The first kappa shape index (κ1) is 17.5. The van der Waals surface area contributed by atoms with Gasteiger partial charge in [-0.05, 0) is 24.3 Å². The van der Waals surface area contributed by atoms with E-state index in [0.29, 0.717) is 22.4 Å². The molecule has 25 heavy (non-hydrogen) atoms. The molecule has 3 aromatic rings. The van der Waals surface area contributed by atoms with Gasteiger partial charge in [0, 0.05) is 38.6 Å². The standard InChI is InChI=1S/C16H17ClN6OS/c1-22-7-3-4-12(22)8-14-20-21-16(23(14)2)25-10-15(24)19-13-6-5-11(17)9-18-13/h3-7,9H,8,10H2,1-2H3,(H,18,19,24). The second-order valence-corrected chi connectivity index (χ2v) is 6.82. The Labute approximate surface area is 154 Å². The number of anilines is 1. The molecule has 9 heteroatoms. The number of aromatic nitrogens is 5. The Morgan fingerprint density at radius 2 is 2.12 bits per heavy atom. The summed E-state index contributed by atoms with van der Waals surface area (Å²) in [6.45, 7) is 0. The van der Waals surface area contributed by atoms with Crippen molar-refractivity contribution >= 4 is 35.1 Å². The predicted molar refractivity (Wildman–Crippen MR) is 97.8 cm³/mol. The number of aryl methyl sites for hydroxylation is 1. The Morgan fingerprint density at radius 1 is 1.28 bits per heavy atom. The Kier molecular flexibility index (Phi) is 5.40. The van der Waals surface area contributed by atoms with Crippen LogP contribution in [0.25, 0.3) is 0 Å². The van der Waals surface area contributed by atoms with Crippen LogP contribution < -0.4 is 5.32 Å². The first-order chi connectivity index (χ1) is 12.0. The number of carbonyl (C=O) groups excluding carboxylic acids is 1. The molecule has 0 unspecified atom stereocenters. The minimum absolute atomic E-state index is 0.160. The average Bonchev–Trinajstić information content (AvgIpc) is 3.15. The number of hydrogen-bond acceptors (Lipinski definition) is 5. The first-order valence-electron chi connectivity index (χ1n) is 7.55. The summed E-state index contributed by atoms with van der Waals surface area (Å²) < 4.78 is 3.96. The van der Waals surface area contributed by atoms with Crippen molar-refractivity contribution in [2.45, 2.75) is 11.6 Å². The monoisotopic (exact) mass is 376 g/mol. The number of rotatable bonds is 6. The summed E-state index contributed by atoms with van der Waals surface area (Å²) >= 11 is 7.10. The predicted octanol–water partition coefficient (Wildman–Crippen LogP) is 2.52. The minimum Gasteiger partial charge on any atom is -0.354 e. The smallest absolute Gasteiger partial charge is 0.236 e. The maximum atomic E-state index is 12.0. The molecule has 0 spiro atoms. The van der Waals surface area contributed by atoms with Gasteiger partial charge in [0.15, 0.2) is 5.16 Å². The van der Waals surface area contributed by atoms with Gasteiger partial charge < -0.3 is 14.5 Å². The molecule has 0 bridgehead atoms. The summed E-state index contributed by atoms with van der Waals surface area (Å²) in [7, 11) is 3.90. The molecule has 0 fully saturated rings. The van der Waals surface area contributed by atoms with Gasteiger partial charge in [0.2, 0.25) is 5.91 Å². The molecule has 0 aliphatic carbocycles. The Balaban J connectivity index is 1.57. The van der Waals surface area contributed by atoms with Crippen molar-refractivity contribution in [1.82, 2.24) is 24.3 Å². The van der Waals surface area contributed by atoms with E-state index in [4.69, 9.17) is 11.6 Å². The zero-order valence-electron chi connectivity index (χ0n) is 13.8. The molecule has 1 N–H and O–H groups in total. The third kappa shape index (κ3) is 4.40. The van der Waals surface area contributed by atoms with Crippen molar-refractivity contribution in [3.63, 3.8) is 0 Å². The molecule has 0 radical (unpaired) electrons. The molecule has 7 nitrogen and oxygen atoms in total. The van der Waals surface area contributed by atoms with Crippen LogP contribution in [0.15, 0.2) is 41.8 Å². The second kappa shape index (κ2) is 7.71. The fourth-order valence-electron chi connectivity index (χ4n) is 2.23. The number of carbonyl (C=O) groups is 1. The molecule has 0 atom stereocenters. The number of amides is 1. The van der Waals surface area contributed by atoms with Crippen molar-refractivity contribution in [2.24, 2.45) is 14.1 Å². The van der Waals surface area contributed by atoms with Crippen LogP contribution in [0.1, 0.15) is 11.5 Å². The Hall–Kier alpha value is -2.32. The maximum Gasteiger partial charge on any atom is 0.236 e. The number of nitrogens with zero attached hydrogens (tertiary/aromatic N) is 5. The quantitative estimate of drug-likeness (QED) is 0.669. The molecule has 0 saturated heterocycles. The van der Waals surface area contributed by atoms with E-state index in [1.54, 1.807) is 12.1 Å². The van der Waals surface area contributed by atoms with Gasteiger partial charge in [-0.2, -0.15) is 0 Å². The number of pyridine rings is 1. The lowest BCUT2D eigenvalue weighted by Crippen LogP contribution is -2.15. The summed E-state index contributed by atoms with van der Waals surface area (Å²) in [5.74, 6) is 1.38. The highest BCUT2D eigenvalue weighted by Gasteiger charge is 2.13. The highest BCUT2D eigenvalue weighted by atomic mass is 35.5. The molecular weight excluding hydrogens is 360 g/mol. The first-order valence-corrected chi connectivity index (χ1v) is 8.92. The van der Waals surface area contributed by atoms with Gasteiger partial charge in [0.05, 0.1) is 10.8 Å². The summed E-state index contributed by atoms with van der Waals surface area (Å²) in [6.07, 6.45) is 4.17. The highest BCUT2D eigenvalue weighted by molar-refractivity contribution is 7.99. The van der Waals surface area contributed by atoms with Crippen LogP contribution in [0, 0.1) is 0 Å².